The van der Waals surface area contributed by atoms with Crippen LogP contribution in [0.2, 0.25) is 0 Å². The summed E-state index contributed by atoms with van der Waals surface area (Å²) in [5, 5.41) is 0.485. The molecule has 0 saturated heterocycles. The van der Waals surface area contributed by atoms with Gasteiger partial charge in [-0.2, -0.15) is 0 Å². The minimum Gasteiger partial charge on any atom is -0.496 e. The van der Waals surface area contributed by atoms with E-state index in [0.717, 1.165) is 0 Å². The van der Waals surface area contributed by atoms with Crippen molar-refractivity contribution in [2.75, 3.05) is 7.11 Å². The molecule has 0 spiro atoms. The smallest absolute Gasteiger partial charge is 0.177 e. The number of benzene rings is 2. The summed E-state index contributed by atoms with van der Waals surface area (Å²) in [6.45, 7) is 0. The summed E-state index contributed by atoms with van der Waals surface area (Å²) in [6, 6.07) is 14.3. The largest absolute Gasteiger partial charge is 0.496 e. The van der Waals surface area contributed by atoms with Crippen LogP contribution >= 0.6 is 0 Å². The van der Waals surface area contributed by atoms with Crippen molar-refractivity contribution in [3.8, 4) is 17.1 Å². The van der Waals surface area contributed by atoms with Gasteiger partial charge in [0.25, 0.3) is 0 Å². The Morgan fingerprint density at radius 2 is 1.72 bits per heavy atom. The molecule has 0 aliphatic rings. The fourth-order valence-corrected chi connectivity index (χ4v) is 2.02. The predicted octanol–water partition coefficient (Wildman–Crippen LogP) is 4.25. The summed E-state index contributed by atoms with van der Waals surface area (Å²) in [6.07, 6.45) is 0. The van der Waals surface area contributed by atoms with E-state index >= 15 is 0 Å². The molecule has 18 heavy (non-hydrogen) atoms. The molecule has 0 radical (unpaired) electrons. The van der Waals surface area contributed by atoms with Crippen molar-refractivity contribution in [2.24, 2.45) is 0 Å². The first-order chi connectivity index (χ1) is 8.81. The lowest BCUT2D eigenvalue weighted by Crippen LogP contribution is -1.87. The zero-order valence-corrected chi connectivity index (χ0v) is 9.81. The van der Waals surface area contributed by atoms with E-state index in [-0.39, 0.29) is 11.6 Å². The molecule has 0 N–H and O–H groups in total. The first kappa shape index (κ1) is 10.8. The minimum atomic E-state index is -0.352. The van der Waals surface area contributed by atoms with Crippen molar-refractivity contribution >= 4 is 11.0 Å². The van der Waals surface area contributed by atoms with Crippen molar-refractivity contribution < 1.29 is 13.5 Å². The number of furan rings is 1. The lowest BCUT2D eigenvalue weighted by atomic mass is 10.1. The fourth-order valence-electron chi connectivity index (χ4n) is 2.02. The molecule has 0 aliphatic heterocycles. The standard InChI is InChI=1S/C15H11FO2/c1-17-12-8-4-3-7-11(12)15-14(16)10-6-2-5-9-13(10)18-15/h2-9H,1H3. The second-order valence-corrected chi connectivity index (χ2v) is 3.94. The Balaban J connectivity index is 2.28. The van der Waals surface area contributed by atoms with Gasteiger partial charge in [-0.15, -0.1) is 0 Å². The molecular weight excluding hydrogens is 231 g/mol. The number of rotatable bonds is 2. The quantitative estimate of drug-likeness (QED) is 0.670. The van der Waals surface area contributed by atoms with Crippen LogP contribution in [0.4, 0.5) is 4.39 Å². The summed E-state index contributed by atoms with van der Waals surface area (Å²) in [5.74, 6) is 0.458. The molecule has 90 valence electrons. The summed E-state index contributed by atoms with van der Waals surface area (Å²) in [4.78, 5) is 0. The highest BCUT2D eigenvalue weighted by atomic mass is 19.1. The average molecular weight is 242 g/mol. The number of ether oxygens (including phenoxy) is 1. The zero-order chi connectivity index (χ0) is 12.5. The van der Waals surface area contributed by atoms with Gasteiger partial charge in [0.1, 0.15) is 11.3 Å². The van der Waals surface area contributed by atoms with E-state index in [1.807, 2.05) is 18.2 Å². The first-order valence-electron chi connectivity index (χ1n) is 5.61. The van der Waals surface area contributed by atoms with Crippen molar-refractivity contribution in [1.29, 1.82) is 0 Å². The lowest BCUT2D eigenvalue weighted by molar-refractivity contribution is 0.414. The maximum absolute atomic E-state index is 14.3. The van der Waals surface area contributed by atoms with E-state index in [4.69, 9.17) is 9.15 Å². The number of methoxy groups -OCH3 is 1. The van der Waals surface area contributed by atoms with E-state index in [1.165, 1.54) is 0 Å². The summed E-state index contributed by atoms with van der Waals surface area (Å²) in [7, 11) is 1.55. The topological polar surface area (TPSA) is 22.4 Å². The van der Waals surface area contributed by atoms with Crippen LogP contribution in [0.25, 0.3) is 22.3 Å². The Labute approximate surface area is 104 Å². The van der Waals surface area contributed by atoms with E-state index in [0.29, 0.717) is 22.3 Å². The van der Waals surface area contributed by atoms with E-state index in [1.54, 1.807) is 37.4 Å². The average Bonchev–Trinajstić information content (AvgIpc) is 2.76. The van der Waals surface area contributed by atoms with Gasteiger partial charge in [-0.25, -0.2) is 4.39 Å². The maximum atomic E-state index is 14.3. The summed E-state index contributed by atoms with van der Waals surface area (Å²) in [5.41, 5.74) is 1.16. The van der Waals surface area contributed by atoms with Crippen LogP contribution in [0.5, 0.6) is 5.75 Å². The molecule has 3 heteroatoms. The van der Waals surface area contributed by atoms with Gasteiger partial charge < -0.3 is 9.15 Å². The van der Waals surface area contributed by atoms with Crippen LogP contribution in [0.3, 0.4) is 0 Å². The Kier molecular flexibility index (Phi) is 2.52. The van der Waals surface area contributed by atoms with Crippen LogP contribution in [0, 0.1) is 5.82 Å². The van der Waals surface area contributed by atoms with Gasteiger partial charge in [-0.3, -0.25) is 0 Å². The third-order valence-electron chi connectivity index (χ3n) is 2.89. The molecule has 0 atom stereocenters. The predicted molar refractivity (Wildman–Crippen MR) is 68.2 cm³/mol. The molecule has 1 aromatic heterocycles. The number of fused-ring (bicyclic) bond motifs is 1. The highest BCUT2D eigenvalue weighted by molar-refractivity contribution is 5.85. The zero-order valence-electron chi connectivity index (χ0n) is 9.81. The number of hydrogen-bond acceptors (Lipinski definition) is 2. The van der Waals surface area contributed by atoms with E-state index in [2.05, 4.69) is 0 Å². The molecule has 1 heterocycles. The van der Waals surface area contributed by atoms with Crippen LogP contribution in [0.1, 0.15) is 0 Å². The van der Waals surface area contributed by atoms with Crippen molar-refractivity contribution in [3.05, 3.63) is 54.3 Å². The van der Waals surface area contributed by atoms with Gasteiger partial charge in [-0.05, 0) is 24.3 Å². The van der Waals surface area contributed by atoms with Crippen molar-refractivity contribution in [3.63, 3.8) is 0 Å². The number of para-hydroxylation sites is 2. The van der Waals surface area contributed by atoms with Crippen molar-refractivity contribution in [2.45, 2.75) is 0 Å². The van der Waals surface area contributed by atoms with Gasteiger partial charge in [0.05, 0.1) is 18.1 Å². The molecule has 3 rings (SSSR count). The molecule has 0 bridgehead atoms. The first-order valence-corrected chi connectivity index (χ1v) is 5.61. The molecule has 0 amide bonds. The van der Waals surface area contributed by atoms with Gasteiger partial charge in [0.2, 0.25) is 0 Å². The Hall–Kier alpha value is -2.29. The second-order valence-electron chi connectivity index (χ2n) is 3.94. The highest BCUT2D eigenvalue weighted by Gasteiger charge is 2.18. The molecule has 2 aromatic carbocycles. The molecular formula is C15H11FO2. The molecule has 2 nitrogen and oxygen atoms in total. The number of hydrogen-bond donors (Lipinski definition) is 0. The van der Waals surface area contributed by atoms with Gasteiger partial charge >= 0.3 is 0 Å². The summed E-state index contributed by atoms with van der Waals surface area (Å²) >= 11 is 0. The second kappa shape index (κ2) is 4.18. The monoisotopic (exact) mass is 242 g/mol. The van der Waals surface area contributed by atoms with Gasteiger partial charge in [0, 0.05) is 0 Å². The number of halogens is 1. The molecule has 0 aliphatic carbocycles. The molecule has 3 aromatic rings. The lowest BCUT2D eigenvalue weighted by Gasteiger charge is -2.04. The Bertz CT molecular complexity index is 701. The summed E-state index contributed by atoms with van der Waals surface area (Å²) < 4.78 is 25.1. The Morgan fingerprint density at radius 1 is 1.00 bits per heavy atom. The molecule has 0 fully saturated rings. The Morgan fingerprint density at radius 3 is 2.50 bits per heavy atom. The third kappa shape index (κ3) is 1.56. The van der Waals surface area contributed by atoms with E-state index in [9.17, 15) is 4.39 Å². The minimum absolute atomic E-state index is 0.216. The third-order valence-corrected chi connectivity index (χ3v) is 2.89. The van der Waals surface area contributed by atoms with Crippen LogP contribution < -0.4 is 4.74 Å². The maximum Gasteiger partial charge on any atom is 0.177 e. The van der Waals surface area contributed by atoms with Crippen LogP contribution in [0.15, 0.2) is 52.9 Å². The van der Waals surface area contributed by atoms with Crippen LogP contribution in [-0.2, 0) is 0 Å². The molecule has 0 unspecified atom stereocenters. The van der Waals surface area contributed by atoms with Crippen LogP contribution in [-0.4, -0.2) is 7.11 Å². The van der Waals surface area contributed by atoms with Crippen molar-refractivity contribution in [1.82, 2.24) is 0 Å². The normalized spacial score (nSPS) is 10.8. The van der Waals surface area contributed by atoms with E-state index < -0.39 is 0 Å². The van der Waals surface area contributed by atoms with Gasteiger partial charge in [0.15, 0.2) is 11.6 Å². The highest BCUT2D eigenvalue weighted by Crippen LogP contribution is 2.36. The molecule has 0 saturated carbocycles. The SMILES string of the molecule is COc1ccccc1-c1oc2ccccc2c1F. The fraction of sp³-hybridized carbons (Fsp3) is 0.0667. The van der Waals surface area contributed by atoms with Gasteiger partial charge in [-0.1, -0.05) is 24.3 Å².